The van der Waals surface area contributed by atoms with Gasteiger partial charge in [-0.2, -0.15) is 0 Å². The van der Waals surface area contributed by atoms with Crippen molar-refractivity contribution in [1.29, 1.82) is 0 Å². The zero-order valence-corrected chi connectivity index (χ0v) is 13.0. The fraction of sp³-hybridized carbons (Fsp3) is 0.222. The second kappa shape index (κ2) is 7.98. The number of rotatable bonds is 7. The number of carbonyl (C=O) groups excluding carboxylic acids is 2. The number of nitrogens with two attached hydrogens (primary N) is 1. The number of hydrogen-bond donors (Lipinski definition) is 2. The quantitative estimate of drug-likeness (QED) is 0.770. The van der Waals surface area contributed by atoms with Crippen LogP contribution in [-0.4, -0.2) is 18.4 Å². The van der Waals surface area contributed by atoms with Crippen molar-refractivity contribution < 1.29 is 14.3 Å². The normalized spacial score (nSPS) is 10.1. The molecule has 0 aromatic heterocycles. The predicted molar refractivity (Wildman–Crippen MR) is 89.8 cm³/mol. The van der Waals surface area contributed by atoms with Crippen molar-refractivity contribution >= 4 is 17.5 Å². The number of primary amides is 1. The average molecular weight is 312 g/mol. The molecule has 0 saturated heterocycles. The summed E-state index contributed by atoms with van der Waals surface area (Å²) in [6, 6.07) is 13.4. The van der Waals surface area contributed by atoms with E-state index in [9.17, 15) is 9.59 Å². The van der Waals surface area contributed by atoms with Gasteiger partial charge in [-0.1, -0.05) is 13.3 Å². The molecule has 2 rings (SSSR count). The molecular weight excluding hydrogens is 292 g/mol. The summed E-state index contributed by atoms with van der Waals surface area (Å²) in [5, 5.41) is 2.76. The lowest BCUT2D eigenvalue weighted by atomic mass is 10.1. The molecule has 23 heavy (non-hydrogen) atoms. The van der Waals surface area contributed by atoms with E-state index in [0.717, 1.165) is 18.6 Å². The number of ether oxygens (including phenoxy) is 1. The lowest BCUT2D eigenvalue weighted by molar-refractivity contribution is 0.0998. The van der Waals surface area contributed by atoms with Crippen molar-refractivity contribution in [2.75, 3.05) is 11.9 Å². The highest BCUT2D eigenvalue weighted by Crippen LogP contribution is 2.15. The maximum atomic E-state index is 12.2. The third-order valence-corrected chi connectivity index (χ3v) is 3.31. The predicted octanol–water partition coefficient (Wildman–Crippen LogP) is 3.22. The second-order valence-corrected chi connectivity index (χ2v) is 5.12. The lowest BCUT2D eigenvalue weighted by Crippen LogP contribution is -2.13. The summed E-state index contributed by atoms with van der Waals surface area (Å²) >= 11 is 0. The van der Waals surface area contributed by atoms with Gasteiger partial charge in [0.15, 0.2) is 0 Å². The molecule has 0 aliphatic heterocycles. The Balaban J connectivity index is 1.96. The van der Waals surface area contributed by atoms with Crippen molar-refractivity contribution in [3.63, 3.8) is 0 Å². The minimum atomic E-state index is -0.499. The first-order valence-electron chi connectivity index (χ1n) is 7.54. The van der Waals surface area contributed by atoms with Crippen LogP contribution in [0.1, 0.15) is 40.5 Å². The van der Waals surface area contributed by atoms with Gasteiger partial charge in [-0.15, -0.1) is 0 Å². The van der Waals surface area contributed by atoms with Gasteiger partial charge >= 0.3 is 0 Å². The minimum absolute atomic E-state index is 0.225. The minimum Gasteiger partial charge on any atom is -0.494 e. The molecule has 0 bridgehead atoms. The topological polar surface area (TPSA) is 81.4 Å². The van der Waals surface area contributed by atoms with E-state index < -0.39 is 5.91 Å². The van der Waals surface area contributed by atoms with Gasteiger partial charge in [0, 0.05) is 16.8 Å². The molecule has 2 aromatic carbocycles. The molecule has 2 aromatic rings. The molecule has 3 N–H and O–H groups in total. The summed E-state index contributed by atoms with van der Waals surface area (Å²) in [4.78, 5) is 23.2. The number of amides is 2. The summed E-state index contributed by atoms with van der Waals surface area (Å²) in [6.07, 6.45) is 2.08. The van der Waals surface area contributed by atoms with E-state index >= 15 is 0 Å². The molecule has 2 amide bonds. The summed E-state index contributed by atoms with van der Waals surface area (Å²) in [5.74, 6) is 0.0271. The van der Waals surface area contributed by atoms with Gasteiger partial charge in [-0.05, 0) is 55.0 Å². The number of carbonyl (C=O) groups is 2. The van der Waals surface area contributed by atoms with Gasteiger partial charge in [-0.25, -0.2) is 0 Å². The van der Waals surface area contributed by atoms with Gasteiger partial charge in [0.05, 0.1) is 6.61 Å². The van der Waals surface area contributed by atoms with Crippen LogP contribution in [0, 0.1) is 0 Å². The molecule has 0 atom stereocenters. The Labute approximate surface area is 135 Å². The first-order chi connectivity index (χ1) is 11.1. The maximum Gasteiger partial charge on any atom is 0.255 e. The molecule has 0 spiro atoms. The fourth-order valence-electron chi connectivity index (χ4n) is 1.96. The Morgan fingerprint density at radius 3 is 2.17 bits per heavy atom. The van der Waals surface area contributed by atoms with E-state index in [2.05, 4.69) is 12.2 Å². The van der Waals surface area contributed by atoms with Crippen LogP contribution in [0.3, 0.4) is 0 Å². The molecule has 0 radical (unpaired) electrons. The van der Waals surface area contributed by atoms with E-state index in [1.54, 1.807) is 48.5 Å². The largest absolute Gasteiger partial charge is 0.494 e. The van der Waals surface area contributed by atoms with Crippen LogP contribution in [0.25, 0.3) is 0 Å². The van der Waals surface area contributed by atoms with Crippen LogP contribution < -0.4 is 15.8 Å². The molecule has 0 unspecified atom stereocenters. The SMILES string of the molecule is CCCCOc1ccc(C(=O)Nc2ccc(C(N)=O)cc2)cc1. The smallest absolute Gasteiger partial charge is 0.255 e. The summed E-state index contributed by atoms with van der Waals surface area (Å²) in [5.41, 5.74) is 6.71. The molecule has 0 aliphatic rings. The van der Waals surface area contributed by atoms with Crippen LogP contribution in [0.4, 0.5) is 5.69 Å². The summed E-state index contributed by atoms with van der Waals surface area (Å²) in [7, 11) is 0. The monoisotopic (exact) mass is 312 g/mol. The number of nitrogens with one attached hydrogen (secondary N) is 1. The Morgan fingerprint density at radius 2 is 1.61 bits per heavy atom. The van der Waals surface area contributed by atoms with Crippen molar-refractivity contribution in [2.24, 2.45) is 5.73 Å². The van der Waals surface area contributed by atoms with Crippen LogP contribution in [0.15, 0.2) is 48.5 Å². The van der Waals surface area contributed by atoms with E-state index in [1.807, 2.05) is 0 Å². The van der Waals surface area contributed by atoms with Crippen molar-refractivity contribution in [2.45, 2.75) is 19.8 Å². The molecule has 0 fully saturated rings. The first kappa shape index (κ1) is 16.5. The van der Waals surface area contributed by atoms with Gasteiger partial charge < -0.3 is 15.8 Å². The Hall–Kier alpha value is -2.82. The van der Waals surface area contributed by atoms with Crippen molar-refractivity contribution in [3.8, 4) is 5.75 Å². The third kappa shape index (κ3) is 4.85. The summed E-state index contributed by atoms with van der Waals surface area (Å²) in [6.45, 7) is 2.78. The standard InChI is InChI=1S/C18H20N2O3/c1-2-3-12-23-16-10-6-14(7-11-16)18(22)20-15-8-4-13(5-9-15)17(19)21/h4-11H,2-3,12H2,1H3,(H2,19,21)(H,20,22). The fourth-order valence-corrected chi connectivity index (χ4v) is 1.96. The molecule has 120 valence electrons. The van der Waals surface area contributed by atoms with Crippen molar-refractivity contribution in [1.82, 2.24) is 0 Å². The number of benzene rings is 2. The van der Waals surface area contributed by atoms with E-state index in [0.29, 0.717) is 23.4 Å². The molecular formula is C18H20N2O3. The Morgan fingerprint density at radius 1 is 1.00 bits per heavy atom. The molecule has 5 heteroatoms. The number of unbranched alkanes of at least 4 members (excludes halogenated alkanes) is 1. The molecule has 0 saturated carbocycles. The molecule has 0 heterocycles. The van der Waals surface area contributed by atoms with Crippen LogP contribution in [0.2, 0.25) is 0 Å². The Kier molecular flexibility index (Phi) is 5.74. The van der Waals surface area contributed by atoms with Crippen LogP contribution in [0.5, 0.6) is 5.75 Å². The average Bonchev–Trinajstić information content (AvgIpc) is 2.56. The number of anilines is 1. The van der Waals surface area contributed by atoms with E-state index in [1.165, 1.54) is 0 Å². The highest BCUT2D eigenvalue weighted by molar-refractivity contribution is 6.04. The Bertz CT molecular complexity index is 664. The van der Waals surface area contributed by atoms with E-state index in [-0.39, 0.29) is 5.91 Å². The maximum absolute atomic E-state index is 12.2. The van der Waals surface area contributed by atoms with Gasteiger partial charge in [0.2, 0.25) is 5.91 Å². The van der Waals surface area contributed by atoms with Crippen LogP contribution >= 0.6 is 0 Å². The zero-order valence-electron chi connectivity index (χ0n) is 13.0. The number of hydrogen-bond acceptors (Lipinski definition) is 3. The molecule has 0 aliphatic carbocycles. The van der Waals surface area contributed by atoms with Gasteiger partial charge in [-0.3, -0.25) is 9.59 Å². The lowest BCUT2D eigenvalue weighted by Gasteiger charge is -2.08. The molecule has 5 nitrogen and oxygen atoms in total. The third-order valence-electron chi connectivity index (χ3n) is 3.31. The van der Waals surface area contributed by atoms with Gasteiger partial charge in [0.1, 0.15) is 5.75 Å². The summed E-state index contributed by atoms with van der Waals surface area (Å²) < 4.78 is 5.56. The second-order valence-electron chi connectivity index (χ2n) is 5.12. The van der Waals surface area contributed by atoms with Crippen molar-refractivity contribution in [3.05, 3.63) is 59.7 Å². The zero-order chi connectivity index (χ0) is 16.7. The highest BCUT2D eigenvalue weighted by Gasteiger charge is 2.07. The van der Waals surface area contributed by atoms with Gasteiger partial charge in [0.25, 0.3) is 5.91 Å². The van der Waals surface area contributed by atoms with Crippen LogP contribution in [-0.2, 0) is 0 Å². The van der Waals surface area contributed by atoms with E-state index in [4.69, 9.17) is 10.5 Å². The highest BCUT2D eigenvalue weighted by atomic mass is 16.5. The first-order valence-corrected chi connectivity index (χ1v) is 7.54.